The van der Waals surface area contributed by atoms with E-state index in [0.29, 0.717) is 12.1 Å². The van der Waals surface area contributed by atoms with Gasteiger partial charge in [-0.25, -0.2) is 0 Å². The number of hydrogen-bond donors (Lipinski definition) is 1. The standard InChI is InChI=1S/C16H26N2/c1-3-8-16(14-9-5-4-6-10-14)17-15-11-7-12-18(2)13-15/h4-6,9-10,15-17H,3,7-8,11-13H2,1-2H3. The van der Waals surface area contributed by atoms with Crippen molar-refractivity contribution in [3.05, 3.63) is 35.9 Å². The summed E-state index contributed by atoms with van der Waals surface area (Å²) in [7, 11) is 2.23. The summed E-state index contributed by atoms with van der Waals surface area (Å²) in [6, 6.07) is 12.1. The summed E-state index contributed by atoms with van der Waals surface area (Å²) in [6.45, 7) is 4.71. The fourth-order valence-electron chi connectivity index (χ4n) is 2.91. The molecule has 0 aliphatic carbocycles. The molecular weight excluding hydrogens is 220 g/mol. The Balaban J connectivity index is 1.97. The van der Waals surface area contributed by atoms with Crippen LogP contribution in [0.2, 0.25) is 0 Å². The summed E-state index contributed by atoms with van der Waals surface area (Å²) in [5, 5.41) is 3.86. The zero-order chi connectivity index (χ0) is 12.8. The number of nitrogens with zero attached hydrogens (tertiary/aromatic N) is 1. The highest BCUT2D eigenvalue weighted by Crippen LogP contribution is 2.21. The number of piperidine rings is 1. The molecule has 0 aromatic heterocycles. The maximum Gasteiger partial charge on any atom is 0.0323 e. The van der Waals surface area contributed by atoms with Gasteiger partial charge in [0.1, 0.15) is 0 Å². The van der Waals surface area contributed by atoms with E-state index in [0.717, 1.165) is 0 Å². The molecule has 1 aromatic rings. The Morgan fingerprint density at radius 3 is 2.78 bits per heavy atom. The van der Waals surface area contributed by atoms with E-state index in [1.165, 1.54) is 44.3 Å². The molecule has 0 saturated carbocycles. The van der Waals surface area contributed by atoms with Gasteiger partial charge in [0.2, 0.25) is 0 Å². The highest BCUT2D eigenvalue weighted by Gasteiger charge is 2.20. The lowest BCUT2D eigenvalue weighted by Gasteiger charge is -2.33. The summed E-state index contributed by atoms with van der Waals surface area (Å²) in [5.41, 5.74) is 1.44. The molecule has 2 nitrogen and oxygen atoms in total. The van der Waals surface area contributed by atoms with E-state index in [-0.39, 0.29) is 0 Å². The molecule has 2 unspecified atom stereocenters. The van der Waals surface area contributed by atoms with Gasteiger partial charge in [-0.2, -0.15) is 0 Å². The van der Waals surface area contributed by atoms with Crippen LogP contribution in [0.5, 0.6) is 0 Å². The first-order chi connectivity index (χ1) is 8.79. The highest BCUT2D eigenvalue weighted by molar-refractivity contribution is 5.19. The monoisotopic (exact) mass is 246 g/mol. The number of benzene rings is 1. The summed E-state index contributed by atoms with van der Waals surface area (Å²) in [4.78, 5) is 2.44. The molecule has 0 radical (unpaired) electrons. The van der Waals surface area contributed by atoms with Crippen LogP contribution in [-0.4, -0.2) is 31.1 Å². The quantitative estimate of drug-likeness (QED) is 0.858. The minimum Gasteiger partial charge on any atom is -0.306 e. The second kappa shape index (κ2) is 6.91. The van der Waals surface area contributed by atoms with E-state index >= 15 is 0 Å². The van der Waals surface area contributed by atoms with E-state index in [9.17, 15) is 0 Å². The Morgan fingerprint density at radius 1 is 1.33 bits per heavy atom. The summed E-state index contributed by atoms with van der Waals surface area (Å²) < 4.78 is 0. The lowest BCUT2D eigenvalue weighted by Crippen LogP contribution is -2.45. The zero-order valence-electron chi connectivity index (χ0n) is 11.7. The van der Waals surface area contributed by atoms with Gasteiger partial charge in [-0.15, -0.1) is 0 Å². The molecule has 2 heteroatoms. The van der Waals surface area contributed by atoms with Crippen LogP contribution >= 0.6 is 0 Å². The smallest absolute Gasteiger partial charge is 0.0323 e. The van der Waals surface area contributed by atoms with Crippen molar-refractivity contribution in [2.75, 3.05) is 20.1 Å². The van der Waals surface area contributed by atoms with Gasteiger partial charge in [0.25, 0.3) is 0 Å². The summed E-state index contributed by atoms with van der Waals surface area (Å²) in [5.74, 6) is 0. The molecule has 1 heterocycles. The molecule has 0 spiro atoms. The molecule has 0 amide bonds. The third kappa shape index (κ3) is 3.82. The zero-order valence-corrected chi connectivity index (χ0v) is 11.7. The van der Waals surface area contributed by atoms with Crippen LogP contribution in [-0.2, 0) is 0 Å². The average molecular weight is 246 g/mol. The third-order valence-electron chi connectivity index (χ3n) is 3.84. The second-order valence-electron chi connectivity index (χ2n) is 5.52. The molecule has 18 heavy (non-hydrogen) atoms. The number of likely N-dealkylation sites (tertiary alicyclic amines) is 1. The van der Waals surface area contributed by atoms with E-state index in [1.54, 1.807) is 0 Å². The van der Waals surface area contributed by atoms with E-state index < -0.39 is 0 Å². The Labute approximate surface area is 111 Å². The minimum absolute atomic E-state index is 0.521. The first-order valence-corrected chi connectivity index (χ1v) is 7.29. The lowest BCUT2D eigenvalue weighted by molar-refractivity contribution is 0.214. The van der Waals surface area contributed by atoms with Crippen LogP contribution in [0.15, 0.2) is 30.3 Å². The molecular formula is C16H26N2. The molecule has 0 bridgehead atoms. The van der Waals surface area contributed by atoms with Gasteiger partial charge < -0.3 is 10.2 Å². The van der Waals surface area contributed by atoms with Crippen LogP contribution in [0.3, 0.4) is 0 Å². The number of rotatable bonds is 5. The van der Waals surface area contributed by atoms with Gasteiger partial charge in [0.05, 0.1) is 0 Å². The van der Waals surface area contributed by atoms with Crippen molar-refractivity contribution in [2.24, 2.45) is 0 Å². The van der Waals surface area contributed by atoms with Gasteiger partial charge in [-0.3, -0.25) is 0 Å². The maximum atomic E-state index is 3.86. The van der Waals surface area contributed by atoms with E-state index in [2.05, 4.69) is 54.5 Å². The predicted molar refractivity (Wildman–Crippen MR) is 77.7 cm³/mol. The number of hydrogen-bond acceptors (Lipinski definition) is 2. The Morgan fingerprint density at radius 2 is 2.11 bits per heavy atom. The van der Waals surface area contributed by atoms with Crippen molar-refractivity contribution in [3.63, 3.8) is 0 Å². The summed E-state index contributed by atoms with van der Waals surface area (Å²) in [6.07, 6.45) is 5.10. The topological polar surface area (TPSA) is 15.3 Å². The molecule has 1 fully saturated rings. The van der Waals surface area contributed by atoms with Crippen LogP contribution < -0.4 is 5.32 Å². The largest absolute Gasteiger partial charge is 0.306 e. The number of likely N-dealkylation sites (N-methyl/N-ethyl adjacent to an activating group) is 1. The fourth-order valence-corrected chi connectivity index (χ4v) is 2.91. The van der Waals surface area contributed by atoms with Crippen molar-refractivity contribution in [1.82, 2.24) is 10.2 Å². The molecule has 2 rings (SSSR count). The van der Waals surface area contributed by atoms with Gasteiger partial charge in [-0.05, 0) is 38.4 Å². The molecule has 1 aliphatic heterocycles. The van der Waals surface area contributed by atoms with Crippen molar-refractivity contribution in [2.45, 2.75) is 44.7 Å². The predicted octanol–water partition coefficient (Wildman–Crippen LogP) is 3.21. The van der Waals surface area contributed by atoms with Gasteiger partial charge in [0.15, 0.2) is 0 Å². The molecule has 100 valence electrons. The van der Waals surface area contributed by atoms with Crippen molar-refractivity contribution in [1.29, 1.82) is 0 Å². The molecule has 2 atom stereocenters. The fraction of sp³-hybridized carbons (Fsp3) is 0.625. The van der Waals surface area contributed by atoms with Crippen molar-refractivity contribution < 1.29 is 0 Å². The Kier molecular flexibility index (Phi) is 5.21. The van der Waals surface area contributed by atoms with Crippen LogP contribution in [0.4, 0.5) is 0 Å². The maximum absolute atomic E-state index is 3.86. The minimum atomic E-state index is 0.521. The second-order valence-corrected chi connectivity index (χ2v) is 5.52. The SMILES string of the molecule is CCCC(NC1CCCN(C)C1)c1ccccc1. The van der Waals surface area contributed by atoms with E-state index in [1.807, 2.05) is 0 Å². The van der Waals surface area contributed by atoms with Gasteiger partial charge >= 0.3 is 0 Å². The highest BCUT2D eigenvalue weighted by atomic mass is 15.1. The van der Waals surface area contributed by atoms with Crippen molar-refractivity contribution >= 4 is 0 Å². The van der Waals surface area contributed by atoms with Crippen molar-refractivity contribution in [3.8, 4) is 0 Å². The van der Waals surface area contributed by atoms with Crippen LogP contribution in [0.25, 0.3) is 0 Å². The van der Waals surface area contributed by atoms with E-state index in [4.69, 9.17) is 0 Å². The lowest BCUT2D eigenvalue weighted by atomic mass is 9.99. The molecule has 1 aliphatic rings. The third-order valence-corrected chi connectivity index (χ3v) is 3.84. The normalized spacial score (nSPS) is 22.9. The van der Waals surface area contributed by atoms with Crippen LogP contribution in [0, 0.1) is 0 Å². The van der Waals surface area contributed by atoms with Gasteiger partial charge in [-0.1, -0.05) is 43.7 Å². The average Bonchev–Trinajstić information content (AvgIpc) is 2.39. The Bertz CT molecular complexity index is 336. The summed E-state index contributed by atoms with van der Waals surface area (Å²) >= 11 is 0. The Hall–Kier alpha value is -0.860. The molecule has 1 saturated heterocycles. The number of nitrogens with one attached hydrogen (secondary N) is 1. The first-order valence-electron chi connectivity index (χ1n) is 7.29. The van der Waals surface area contributed by atoms with Gasteiger partial charge in [0, 0.05) is 18.6 Å². The van der Waals surface area contributed by atoms with Crippen LogP contribution in [0.1, 0.15) is 44.2 Å². The molecule has 1 aromatic carbocycles. The molecule has 1 N–H and O–H groups in total. The first kappa shape index (κ1) is 13.6.